The van der Waals surface area contributed by atoms with Crippen LogP contribution in [-0.4, -0.2) is 9.78 Å². The van der Waals surface area contributed by atoms with Gasteiger partial charge >= 0.3 is 0 Å². The van der Waals surface area contributed by atoms with Gasteiger partial charge in [-0.2, -0.15) is 0 Å². The minimum Gasteiger partial charge on any atom is -0.289 e. The van der Waals surface area contributed by atoms with E-state index in [2.05, 4.69) is 30.6 Å². The summed E-state index contributed by atoms with van der Waals surface area (Å²) >= 11 is 0. The number of unbranched alkanes of at least 4 members (excludes halogenated alkanes) is 2. The molecule has 0 aliphatic heterocycles. The highest BCUT2D eigenvalue weighted by atomic mass is 16.1. The normalized spacial score (nSPS) is 11.0. The molecule has 0 aliphatic carbocycles. The van der Waals surface area contributed by atoms with E-state index in [1.165, 1.54) is 5.69 Å². The van der Waals surface area contributed by atoms with Crippen LogP contribution >= 0.6 is 0 Å². The van der Waals surface area contributed by atoms with Crippen molar-refractivity contribution in [3.05, 3.63) is 21.6 Å². The van der Waals surface area contributed by atoms with E-state index in [0.29, 0.717) is 0 Å². The number of rotatable bonds is 8. The zero-order valence-corrected chi connectivity index (χ0v) is 11.5. The van der Waals surface area contributed by atoms with Crippen LogP contribution in [0, 0.1) is 0 Å². The number of hydrogen-bond acceptors (Lipinski definition) is 1. The Balaban J connectivity index is 2.92. The van der Waals surface area contributed by atoms with Crippen LogP contribution in [0.1, 0.15) is 64.1 Å². The highest BCUT2D eigenvalue weighted by Gasteiger charge is 2.12. The van der Waals surface area contributed by atoms with Gasteiger partial charge in [0, 0.05) is 17.8 Å². The molecule has 1 rings (SSSR count). The van der Waals surface area contributed by atoms with Gasteiger partial charge in [-0.05, 0) is 25.7 Å². The van der Waals surface area contributed by atoms with Crippen molar-refractivity contribution in [2.45, 2.75) is 72.3 Å². The van der Waals surface area contributed by atoms with Crippen molar-refractivity contribution in [2.24, 2.45) is 0 Å². The Morgan fingerprint density at radius 1 is 1.00 bits per heavy atom. The largest absolute Gasteiger partial charge is 0.289 e. The predicted molar refractivity (Wildman–Crippen MR) is 72.6 cm³/mol. The molecule has 17 heavy (non-hydrogen) atoms. The summed E-state index contributed by atoms with van der Waals surface area (Å²) in [6.45, 7) is 7.47. The van der Waals surface area contributed by atoms with Crippen LogP contribution in [0.4, 0.5) is 0 Å². The molecule has 98 valence electrons. The van der Waals surface area contributed by atoms with Crippen LogP contribution < -0.4 is 5.56 Å². The first-order chi connectivity index (χ1) is 8.24. The van der Waals surface area contributed by atoms with Crippen LogP contribution in [-0.2, 0) is 19.4 Å². The van der Waals surface area contributed by atoms with E-state index in [1.54, 1.807) is 0 Å². The van der Waals surface area contributed by atoms with E-state index < -0.39 is 0 Å². The van der Waals surface area contributed by atoms with Crippen molar-refractivity contribution in [2.75, 3.05) is 0 Å². The second kappa shape index (κ2) is 7.36. The summed E-state index contributed by atoms with van der Waals surface area (Å²) in [6, 6.07) is 0. The highest BCUT2D eigenvalue weighted by molar-refractivity contribution is 5.18. The predicted octanol–water partition coefficient (Wildman–Crippen LogP) is 3.27. The van der Waals surface area contributed by atoms with Gasteiger partial charge in [-0.25, -0.2) is 0 Å². The molecule has 0 fully saturated rings. The van der Waals surface area contributed by atoms with Gasteiger partial charge in [-0.3, -0.25) is 14.6 Å². The molecule has 0 amide bonds. The summed E-state index contributed by atoms with van der Waals surface area (Å²) in [6.07, 6.45) is 7.59. The SMILES string of the molecule is CCCCc1c(CCC)n(CCCC)[nH]c1=O. The smallest absolute Gasteiger partial charge is 0.267 e. The third-order valence-corrected chi connectivity index (χ3v) is 3.19. The Morgan fingerprint density at radius 2 is 1.71 bits per heavy atom. The number of nitrogens with one attached hydrogen (secondary N) is 1. The molecule has 1 aromatic rings. The molecule has 1 heterocycles. The van der Waals surface area contributed by atoms with Crippen LogP contribution in [0.15, 0.2) is 4.79 Å². The van der Waals surface area contributed by atoms with Crippen LogP contribution in [0.2, 0.25) is 0 Å². The van der Waals surface area contributed by atoms with Crippen LogP contribution in [0.25, 0.3) is 0 Å². The summed E-state index contributed by atoms with van der Waals surface area (Å²) < 4.78 is 2.08. The molecule has 0 saturated carbocycles. The summed E-state index contributed by atoms with van der Waals surface area (Å²) in [7, 11) is 0. The third kappa shape index (κ3) is 3.76. The molecule has 0 aromatic carbocycles. The van der Waals surface area contributed by atoms with Crippen molar-refractivity contribution in [3.8, 4) is 0 Å². The summed E-state index contributed by atoms with van der Waals surface area (Å²) in [5, 5.41) is 3.00. The topological polar surface area (TPSA) is 37.8 Å². The lowest BCUT2D eigenvalue weighted by Crippen LogP contribution is -2.08. The zero-order valence-electron chi connectivity index (χ0n) is 11.5. The zero-order chi connectivity index (χ0) is 12.7. The summed E-state index contributed by atoms with van der Waals surface area (Å²) in [5.74, 6) is 0. The fourth-order valence-electron chi connectivity index (χ4n) is 2.19. The van der Waals surface area contributed by atoms with Crippen molar-refractivity contribution in [1.29, 1.82) is 0 Å². The first-order valence-electron chi connectivity index (χ1n) is 7.05. The van der Waals surface area contributed by atoms with Gasteiger partial charge in [0.2, 0.25) is 0 Å². The Bertz CT molecular complexity index is 376. The van der Waals surface area contributed by atoms with E-state index in [4.69, 9.17) is 0 Å². The lowest BCUT2D eigenvalue weighted by Gasteiger charge is -2.08. The molecular formula is C14H26N2O. The molecule has 0 bridgehead atoms. The molecule has 0 spiro atoms. The van der Waals surface area contributed by atoms with E-state index in [1.807, 2.05) is 0 Å². The molecule has 0 aliphatic rings. The minimum atomic E-state index is 0.137. The number of aromatic nitrogens is 2. The second-order valence-corrected chi connectivity index (χ2v) is 4.72. The Hall–Kier alpha value is -0.990. The van der Waals surface area contributed by atoms with Gasteiger partial charge in [0.05, 0.1) is 0 Å². The van der Waals surface area contributed by atoms with E-state index in [9.17, 15) is 4.79 Å². The van der Waals surface area contributed by atoms with Gasteiger partial charge in [0.15, 0.2) is 0 Å². The van der Waals surface area contributed by atoms with Crippen LogP contribution in [0.3, 0.4) is 0 Å². The first-order valence-corrected chi connectivity index (χ1v) is 7.05. The van der Waals surface area contributed by atoms with Crippen LogP contribution in [0.5, 0.6) is 0 Å². The van der Waals surface area contributed by atoms with Gasteiger partial charge in [-0.1, -0.05) is 40.0 Å². The second-order valence-electron chi connectivity index (χ2n) is 4.72. The van der Waals surface area contributed by atoms with Crippen molar-refractivity contribution in [1.82, 2.24) is 9.78 Å². The van der Waals surface area contributed by atoms with Crippen molar-refractivity contribution >= 4 is 0 Å². The summed E-state index contributed by atoms with van der Waals surface area (Å²) in [5.41, 5.74) is 2.42. The third-order valence-electron chi connectivity index (χ3n) is 3.19. The average Bonchev–Trinajstić information content (AvgIpc) is 2.61. The molecule has 1 N–H and O–H groups in total. The minimum absolute atomic E-state index is 0.137. The molecular weight excluding hydrogens is 212 g/mol. The molecule has 0 saturated heterocycles. The fourth-order valence-corrected chi connectivity index (χ4v) is 2.19. The van der Waals surface area contributed by atoms with E-state index in [0.717, 1.165) is 57.1 Å². The molecule has 0 atom stereocenters. The summed E-state index contributed by atoms with van der Waals surface area (Å²) in [4.78, 5) is 11.9. The van der Waals surface area contributed by atoms with Gasteiger partial charge < -0.3 is 0 Å². The van der Waals surface area contributed by atoms with Crippen molar-refractivity contribution in [3.63, 3.8) is 0 Å². The molecule has 3 heteroatoms. The molecule has 0 unspecified atom stereocenters. The lowest BCUT2D eigenvalue weighted by molar-refractivity contribution is 0.541. The Morgan fingerprint density at radius 3 is 2.29 bits per heavy atom. The maximum atomic E-state index is 11.9. The standard InChI is InChI=1S/C14H26N2O/c1-4-7-10-12-13(9-6-3)16(11-8-5-2)15-14(12)17/h4-11H2,1-3H3,(H,15,17). The number of aryl methyl sites for hydroxylation is 1. The number of aromatic amines is 1. The number of H-pyrrole nitrogens is 1. The lowest BCUT2D eigenvalue weighted by atomic mass is 10.1. The Labute approximate surface area is 104 Å². The highest BCUT2D eigenvalue weighted by Crippen LogP contribution is 2.11. The first kappa shape index (κ1) is 14.1. The average molecular weight is 238 g/mol. The van der Waals surface area contributed by atoms with E-state index >= 15 is 0 Å². The number of nitrogens with zero attached hydrogens (tertiary/aromatic N) is 1. The van der Waals surface area contributed by atoms with Gasteiger partial charge in [0.1, 0.15) is 0 Å². The molecule has 0 radical (unpaired) electrons. The molecule has 1 aromatic heterocycles. The maximum Gasteiger partial charge on any atom is 0.267 e. The van der Waals surface area contributed by atoms with Crippen molar-refractivity contribution < 1.29 is 0 Å². The fraction of sp³-hybridized carbons (Fsp3) is 0.786. The quantitative estimate of drug-likeness (QED) is 0.741. The van der Waals surface area contributed by atoms with E-state index in [-0.39, 0.29) is 5.56 Å². The molecule has 3 nitrogen and oxygen atoms in total. The monoisotopic (exact) mass is 238 g/mol. The Kier molecular flexibility index (Phi) is 6.09. The number of hydrogen-bond donors (Lipinski definition) is 1. The van der Waals surface area contributed by atoms with Gasteiger partial charge in [0.25, 0.3) is 5.56 Å². The maximum absolute atomic E-state index is 11.9. The van der Waals surface area contributed by atoms with Gasteiger partial charge in [-0.15, -0.1) is 0 Å².